The molecule has 0 saturated heterocycles. The molecule has 5 aromatic rings. The summed E-state index contributed by atoms with van der Waals surface area (Å²) in [6.45, 7) is 1.97. The Balaban J connectivity index is 1.79. The fraction of sp³-hybridized carbons (Fsp3) is 0.105. The van der Waals surface area contributed by atoms with Crippen LogP contribution in [0.2, 0.25) is 0 Å². The zero-order valence-electron chi connectivity index (χ0n) is 15.6. The van der Waals surface area contributed by atoms with E-state index in [1.54, 1.807) is 15.4 Å². The number of rotatable bonds is 3. The molecule has 0 fully saturated rings. The SMILES string of the molecule is Cc1cccc2c1nc(Nc1cnccnc1=O)n1nc(-c3cnn(C)c3)nc21. The first-order valence-electron chi connectivity index (χ1n) is 8.82. The summed E-state index contributed by atoms with van der Waals surface area (Å²) in [5, 5.41) is 12.7. The van der Waals surface area contributed by atoms with E-state index in [-0.39, 0.29) is 5.69 Å². The lowest BCUT2D eigenvalue weighted by Crippen LogP contribution is -2.12. The van der Waals surface area contributed by atoms with Crippen LogP contribution in [0.25, 0.3) is 27.9 Å². The number of nitrogens with zero attached hydrogens (tertiary/aromatic N) is 8. The molecule has 0 spiro atoms. The number of aryl methyl sites for hydroxylation is 2. The fourth-order valence-corrected chi connectivity index (χ4v) is 3.10. The Morgan fingerprint density at radius 3 is 2.83 bits per heavy atom. The smallest absolute Gasteiger partial charge is 0.295 e. The maximum atomic E-state index is 12.2. The third-order valence-electron chi connectivity index (χ3n) is 4.49. The maximum Gasteiger partial charge on any atom is 0.295 e. The first-order valence-corrected chi connectivity index (χ1v) is 8.82. The van der Waals surface area contributed by atoms with Crippen LogP contribution in [0.3, 0.4) is 0 Å². The van der Waals surface area contributed by atoms with E-state index in [0.717, 1.165) is 22.0 Å². The van der Waals surface area contributed by atoms with Gasteiger partial charge in [0.2, 0.25) is 5.95 Å². The van der Waals surface area contributed by atoms with Crippen LogP contribution in [0.4, 0.5) is 11.6 Å². The molecule has 0 amide bonds. The molecule has 0 aliphatic heterocycles. The topological polar surface area (TPSA) is 116 Å². The van der Waals surface area contributed by atoms with Gasteiger partial charge < -0.3 is 5.32 Å². The predicted octanol–water partition coefficient (Wildman–Crippen LogP) is 1.88. The van der Waals surface area contributed by atoms with Crippen molar-refractivity contribution in [3.63, 3.8) is 0 Å². The molecule has 10 nitrogen and oxygen atoms in total. The zero-order chi connectivity index (χ0) is 20.0. The van der Waals surface area contributed by atoms with Gasteiger partial charge in [-0.25, -0.2) is 15.0 Å². The molecule has 1 N–H and O–H groups in total. The average Bonchev–Trinajstić information content (AvgIpc) is 3.29. The molecule has 5 rings (SSSR count). The molecular formula is C19H15N9O. The number of para-hydroxylation sites is 1. The second kappa shape index (κ2) is 6.44. The quantitative estimate of drug-likeness (QED) is 0.500. The van der Waals surface area contributed by atoms with Gasteiger partial charge in [0, 0.05) is 31.0 Å². The van der Waals surface area contributed by atoms with Gasteiger partial charge in [0.05, 0.1) is 23.5 Å². The molecule has 0 aliphatic rings. The summed E-state index contributed by atoms with van der Waals surface area (Å²) in [5.41, 5.74) is 2.89. The number of hydrogen-bond acceptors (Lipinski definition) is 8. The van der Waals surface area contributed by atoms with Crippen molar-refractivity contribution in [1.82, 2.24) is 39.3 Å². The summed E-state index contributed by atoms with van der Waals surface area (Å²) in [6.07, 6.45) is 7.73. The summed E-state index contributed by atoms with van der Waals surface area (Å²) in [4.78, 5) is 29.4. The van der Waals surface area contributed by atoms with Crippen molar-refractivity contribution in [1.29, 1.82) is 0 Å². The molecule has 1 aromatic carbocycles. The van der Waals surface area contributed by atoms with E-state index in [2.05, 4.69) is 25.5 Å². The summed E-state index contributed by atoms with van der Waals surface area (Å²) >= 11 is 0. The van der Waals surface area contributed by atoms with E-state index in [1.165, 1.54) is 18.6 Å². The van der Waals surface area contributed by atoms with Gasteiger partial charge in [0.1, 0.15) is 5.69 Å². The monoisotopic (exact) mass is 385 g/mol. The second-order valence-electron chi connectivity index (χ2n) is 6.53. The van der Waals surface area contributed by atoms with Crippen LogP contribution in [0.5, 0.6) is 0 Å². The number of hydrogen-bond donors (Lipinski definition) is 1. The van der Waals surface area contributed by atoms with Gasteiger partial charge in [-0.2, -0.15) is 9.61 Å². The van der Waals surface area contributed by atoms with Crippen molar-refractivity contribution in [3.8, 4) is 11.4 Å². The lowest BCUT2D eigenvalue weighted by molar-refractivity contribution is 0.768. The summed E-state index contributed by atoms with van der Waals surface area (Å²) < 4.78 is 3.27. The van der Waals surface area contributed by atoms with Gasteiger partial charge in [0.15, 0.2) is 11.5 Å². The highest BCUT2D eigenvalue weighted by Crippen LogP contribution is 2.26. The summed E-state index contributed by atoms with van der Waals surface area (Å²) in [5.74, 6) is 0.852. The lowest BCUT2D eigenvalue weighted by Gasteiger charge is -2.08. The maximum absolute atomic E-state index is 12.2. The van der Waals surface area contributed by atoms with E-state index in [1.807, 2.05) is 38.4 Å². The van der Waals surface area contributed by atoms with Crippen LogP contribution in [-0.4, -0.2) is 39.3 Å². The highest BCUT2D eigenvalue weighted by Gasteiger charge is 2.17. The Hall–Kier alpha value is -4.21. The van der Waals surface area contributed by atoms with Gasteiger partial charge >= 0.3 is 0 Å². The molecule has 0 atom stereocenters. The van der Waals surface area contributed by atoms with E-state index in [4.69, 9.17) is 9.97 Å². The molecule has 0 aliphatic carbocycles. The van der Waals surface area contributed by atoms with Crippen molar-refractivity contribution in [2.75, 3.05) is 5.32 Å². The van der Waals surface area contributed by atoms with Gasteiger partial charge in [0.25, 0.3) is 5.56 Å². The lowest BCUT2D eigenvalue weighted by atomic mass is 10.1. The Labute approximate surface area is 163 Å². The number of benzene rings is 1. The van der Waals surface area contributed by atoms with Crippen molar-refractivity contribution < 1.29 is 0 Å². The zero-order valence-corrected chi connectivity index (χ0v) is 15.6. The molecule has 142 valence electrons. The number of aromatic nitrogens is 8. The molecule has 0 unspecified atom stereocenters. The third kappa shape index (κ3) is 2.87. The highest BCUT2D eigenvalue weighted by atomic mass is 16.1. The molecular weight excluding hydrogens is 370 g/mol. The van der Waals surface area contributed by atoms with Crippen LogP contribution in [0.15, 0.2) is 54.0 Å². The van der Waals surface area contributed by atoms with Crippen LogP contribution in [-0.2, 0) is 7.05 Å². The molecule has 4 aromatic heterocycles. The normalized spacial score (nSPS) is 11.2. The van der Waals surface area contributed by atoms with Crippen molar-refractivity contribution >= 4 is 28.2 Å². The van der Waals surface area contributed by atoms with Gasteiger partial charge in [-0.3, -0.25) is 14.5 Å². The van der Waals surface area contributed by atoms with Crippen molar-refractivity contribution in [2.45, 2.75) is 6.92 Å². The number of nitrogens with one attached hydrogen (secondary N) is 1. The van der Waals surface area contributed by atoms with E-state index in [9.17, 15) is 4.79 Å². The van der Waals surface area contributed by atoms with Crippen LogP contribution in [0.1, 0.15) is 5.56 Å². The van der Waals surface area contributed by atoms with Crippen molar-refractivity contribution in [2.24, 2.45) is 7.05 Å². The fourth-order valence-electron chi connectivity index (χ4n) is 3.10. The van der Waals surface area contributed by atoms with Gasteiger partial charge in [-0.05, 0) is 18.6 Å². The predicted molar refractivity (Wildman–Crippen MR) is 107 cm³/mol. The van der Waals surface area contributed by atoms with E-state index in [0.29, 0.717) is 17.4 Å². The molecule has 10 heteroatoms. The summed E-state index contributed by atoms with van der Waals surface area (Å²) in [7, 11) is 1.83. The average molecular weight is 385 g/mol. The Bertz CT molecular complexity index is 1440. The molecule has 4 heterocycles. The second-order valence-corrected chi connectivity index (χ2v) is 6.53. The van der Waals surface area contributed by atoms with Gasteiger partial charge in [-0.1, -0.05) is 12.1 Å². The Morgan fingerprint density at radius 1 is 1.10 bits per heavy atom. The van der Waals surface area contributed by atoms with Crippen molar-refractivity contribution in [3.05, 3.63) is 65.1 Å². The number of fused-ring (bicyclic) bond motifs is 3. The first-order chi connectivity index (χ1) is 14.1. The van der Waals surface area contributed by atoms with Gasteiger partial charge in [-0.15, -0.1) is 5.10 Å². The minimum atomic E-state index is -0.449. The standard InChI is InChI=1S/C19H15N9O/c1-11-4-3-5-13-15(11)24-19(23-14-9-20-6-7-21-18(14)29)28-17(13)25-16(26-28)12-8-22-27(2)10-12/h3-10H,1-2H3,(H,21,23,24,29). The molecule has 0 radical (unpaired) electrons. The third-order valence-corrected chi connectivity index (χ3v) is 4.49. The molecule has 29 heavy (non-hydrogen) atoms. The highest BCUT2D eigenvalue weighted by molar-refractivity contribution is 5.94. The largest absolute Gasteiger partial charge is 0.318 e. The molecule has 0 saturated carbocycles. The van der Waals surface area contributed by atoms with E-state index < -0.39 is 5.56 Å². The minimum absolute atomic E-state index is 0.190. The number of anilines is 2. The van der Waals surface area contributed by atoms with Crippen LogP contribution in [0, 0.1) is 6.92 Å². The van der Waals surface area contributed by atoms with E-state index >= 15 is 0 Å². The van der Waals surface area contributed by atoms with Crippen LogP contribution < -0.4 is 10.9 Å². The van der Waals surface area contributed by atoms with Crippen LogP contribution >= 0.6 is 0 Å². The molecule has 0 bridgehead atoms. The Kier molecular flexibility index (Phi) is 3.76. The summed E-state index contributed by atoms with van der Waals surface area (Å²) in [6, 6.07) is 5.87. The first kappa shape index (κ1) is 16.9. The minimum Gasteiger partial charge on any atom is -0.318 e. The Morgan fingerprint density at radius 2 is 2.00 bits per heavy atom.